The van der Waals surface area contributed by atoms with Gasteiger partial charge in [-0.05, 0) is 55.5 Å². The average molecular weight is 335 g/mol. The summed E-state index contributed by atoms with van der Waals surface area (Å²) in [6.07, 6.45) is 0. The van der Waals surface area contributed by atoms with Crippen LogP contribution in [0.5, 0.6) is 5.75 Å². The normalized spacial score (nSPS) is 10.9. The molecule has 0 saturated heterocycles. The first-order chi connectivity index (χ1) is 11.0. The van der Waals surface area contributed by atoms with Gasteiger partial charge in [-0.15, -0.1) is 0 Å². The van der Waals surface area contributed by atoms with E-state index >= 15 is 0 Å². The Labute approximate surface area is 135 Å². The predicted molar refractivity (Wildman–Crippen MR) is 86.2 cm³/mol. The largest absolute Gasteiger partial charge is 0.494 e. The first-order valence-corrected chi connectivity index (χ1v) is 8.38. The molecule has 2 aromatic rings. The summed E-state index contributed by atoms with van der Waals surface area (Å²) < 4.78 is 36.9. The predicted octanol–water partition coefficient (Wildman–Crippen LogP) is 2.67. The van der Waals surface area contributed by atoms with Crippen molar-refractivity contribution in [2.75, 3.05) is 18.4 Å². The van der Waals surface area contributed by atoms with Crippen molar-refractivity contribution in [2.45, 2.75) is 11.8 Å². The zero-order valence-electron chi connectivity index (χ0n) is 12.8. The van der Waals surface area contributed by atoms with E-state index < -0.39 is 16.0 Å². The van der Waals surface area contributed by atoms with Crippen molar-refractivity contribution in [3.8, 4) is 5.75 Å². The molecule has 1 N–H and O–H groups in total. The lowest BCUT2D eigenvalue weighted by molar-refractivity contribution is 0.0601. The smallest absolute Gasteiger partial charge is 0.337 e. The molecule has 122 valence electrons. The highest BCUT2D eigenvalue weighted by atomic mass is 32.2. The Balaban J connectivity index is 2.15. The number of carbonyl (C=O) groups is 1. The zero-order chi connectivity index (χ0) is 16.9. The Bertz CT molecular complexity index is 767. The minimum atomic E-state index is -3.71. The molecule has 0 spiro atoms. The molecule has 6 nitrogen and oxygen atoms in total. The quantitative estimate of drug-likeness (QED) is 0.821. The van der Waals surface area contributed by atoms with Gasteiger partial charge in [0, 0.05) is 5.69 Å². The molecule has 0 fully saturated rings. The maximum absolute atomic E-state index is 12.3. The van der Waals surface area contributed by atoms with Gasteiger partial charge in [-0.25, -0.2) is 13.2 Å². The molecular weight excluding hydrogens is 318 g/mol. The Morgan fingerprint density at radius 3 is 2.17 bits per heavy atom. The molecule has 0 heterocycles. The van der Waals surface area contributed by atoms with Gasteiger partial charge in [0.2, 0.25) is 0 Å². The summed E-state index contributed by atoms with van der Waals surface area (Å²) in [4.78, 5) is 11.5. The number of ether oxygens (including phenoxy) is 2. The van der Waals surface area contributed by atoms with E-state index in [9.17, 15) is 13.2 Å². The second kappa shape index (κ2) is 7.15. The molecule has 0 radical (unpaired) electrons. The van der Waals surface area contributed by atoms with Crippen LogP contribution in [0.4, 0.5) is 5.69 Å². The number of hydrogen-bond donors (Lipinski definition) is 1. The summed E-state index contributed by atoms with van der Waals surface area (Å²) in [5, 5.41) is 0. The van der Waals surface area contributed by atoms with E-state index in [4.69, 9.17) is 4.74 Å². The third kappa shape index (κ3) is 4.23. The average Bonchev–Trinajstić information content (AvgIpc) is 2.55. The van der Waals surface area contributed by atoms with E-state index in [1.54, 1.807) is 12.1 Å². The molecule has 0 aromatic heterocycles. The molecule has 0 aliphatic rings. The first-order valence-electron chi connectivity index (χ1n) is 6.90. The van der Waals surface area contributed by atoms with Crippen LogP contribution >= 0.6 is 0 Å². The highest BCUT2D eigenvalue weighted by molar-refractivity contribution is 7.92. The van der Waals surface area contributed by atoms with Crippen molar-refractivity contribution in [3.63, 3.8) is 0 Å². The molecule has 0 bridgehead atoms. The number of nitrogens with one attached hydrogen (secondary N) is 1. The maximum atomic E-state index is 12.3. The third-order valence-electron chi connectivity index (χ3n) is 3.00. The standard InChI is InChI=1S/C16H17NO5S/c1-3-22-14-8-10-15(11-9-14)23(19,20)17-13-6-4-12(5-7-13)16(18)21-2/h4-11,17H,3H2,1-2H3. The summed E-state index contributed by atoms with van der Waals surface area (Å²) in [7, 11) is -2.42. The Kier molecular flexibility index (Phi) is 5.23. The van der Waals surface area contributed by atoms with Crippen molar-refractivity contribution in [1.82, 2.24) is 0 Å². The van der Waals surface area contributed by atoms with Gasteiger partial charge in [-0.3, -0.25) is 4.72 Å². The van der Waals surface area contributed by atoms with Gasteiger partial charge in [-0.2, -0.15) is 0 Å². The molecule has 0 unspecified atom stereocenters. The summed E-state index contributed by atoms with van der Waals surface area (Å²) in [6.45, 7) is 2.36. The number of anilines is 1. The van der Waals surface area contributed by atoms with Gasteiger partial charge in [0.05, 0.1) is 24.2 Å². The second-order valence-electron chi connectivity index (χ2n) is 4.58. The molecule has 2 aromatic carbocycles. The monoisotopic (exact) mass is 335 g/mol. The fourth-order valence-corrected chi connectivity index (χ4v) is 2.95. The van der Waals surface area contributed by atoms with Gasteiger partial charge in [0.25, 0.3) is 10.0 Å². The fraction of sp³-hybridized carbons (Fsp3) is 0.188. The topological polar surface area (TPSA) is 81.7 Å². The van der Waals surface area contributed by atoms with Crippen LogP contribution in [-0.4, -0.2) is 28.1 Å². The summed E-state index contributed by atoms with van der Waals surface area (Å²) in [6, 6.07) is 12.1. The van der Waals surface area contributed by atoms with Crippen molar-refractivity contribution < 1.29 is 22.7 Å². The van der Waals surface area contributed by atoms with Crippen LogP contribution in [0.25, 0.3) is 0 Å². The van der Waals surface area contributed by atoms with Crippen LogP contribution in [0.15, 0.2) is 53.4 Å². The molecule has 0 saturated carbocycles. The van der Waals surface area contributed by atoms with Gasteiger partial charge < -0.3 is 9.47 Å². The van der Waals surface area contributed by atoms with Crippen molar-refractivity contribution >= 4 is 21.7 Å². The molecular formula is C16H17NO5S. The summed E-state index contributed by atoms with van der Waals surface area (Å²) in [5.74, 6) is 0.125. The van der Waals surface area contributed by atoms with Crippen molar-refractivity contribution in [3.05, 3.63) is 54.1 Å². The molecule has 2 rings (SSSR count). The molecule has 7 heteroatoms. The highest BCUT2D eigenvalue weighted by Gasteiger charge is 2.14. The van der Waals surface area contributed by atoms with Crippen LogP contribution in [-0.2, 0) is 14.8 Å². The van der Waals surface area contributed by atoms with E-state index in [1.807, 2.05) is 6.92 Å². The Morgan fingerprint density at radius 2 is 1.65 bits per heavy atom. The number of hydrogen-bond acceptors (Lipinski definition) is 5. The molecule has 0 amide bonds. The highest BCUT2D eigenvalue weighted by Crippen LogP contribution is 2.19. The molecule has 0 atom stereocenters. The Morgan fingerprint density at radius 1 is 1.04 bits per heavy atom. The van der Waals surface area contributed by atoms with Gasteiger partial charge in [-0.1, -0.05) is 0 Å². The van der Waals surface area contributed by atoms with E-state index in [0.29, 0.717) is 23.6 Å². The van der Waals surface area contributed by atoms with E-state index in [2.05, 4.69) is 9.46 Å². The number of carbonyl (C=O) groups excluding carboxylic acids is 1. The van der Waals surface area contributed by atoms with Crippen LogP contribution in [0.2, 0.25) is 0 Å². The lowest BCUT2D eigenvalue weighted by Crippen LogP contribution is -2.13. The molecule has 0 aliphatic carbocycles. The van der Waals surface area contributed by atoms with Crippen LogP contribution in [0.1, 0.15) is 17.3 Å². The SMILES string of the molecule is CCOc1ccc(S(=O)(=O)Nc2ccc(C(=O)OC)cc2)cc1. The lowest BCUT2D eigenvalue weighted by Gasteiger charge is -2.09. The summed E-state index contributed by atoms with van der Waals surface area (Å²) >= 11 is 0. The number of benzene rings is 2. The number of methoxy groups -OCH3 is 1. The van der Waals surface area contributed by atoms with Gasteiger partial charge >= 0.3 is 5.97 Å². The number of sulfonamides is 1. The number of esters is 1. The van der Waals surface area contributed by atoms with E-state index in [-0.39, 0.29) is 4.90 Å². The van der Waals surface area contributed by atoms with Crippen molar-refractivity contribution in [2.24, 2.45) is 0 Å². The lowest BCUT2D eigenvalue weighted by atomic mass is 10.2. The van der Waals surface area contributed by atoms with Gasteiger partial charge in [0.15, 0.2) is 0 Å². The summed E-state index contributed by atoms with van der Waals surface area (Å²) in [5.41, 5.74) is 0.697. The second-order valence-corrected chi connectivity index (χ2v) is 6.26. The molecule has 23 heavy (non-hydrogen) atoms. The fourth-order valence-electron chi connectivity index (χ4n) is 1.89. The maximum Gasteiger partial charge on any atom is 0.337 e. The van der Waals surface area contributed by atoms with Crippen LogP contribution in [0, 0.1) is 0 Å². The minimum absolute atomic E-state index is 0.123. The molecule has 0 aliphatic heterocycles. The zero-order valence-corrected chi connectivity index (χ0v) is 13.6. The Hall–Kier alpha value is -2.54. The minimum Gasteiger partial charge on any atom is -0.494 e. The van der Waals surface area contributed by atoms with Crippen molar-refractivity contribution in [1.29, 1.82) is 0 Å². The number of rotatable bonds is 6. The van der Waals surface area contributed by atoms with E-state index in [1.165, 1.54) is 43.5 Å². The van der Waals surface area contributed by atoms with E-state index in [0.717, 1.165) is 0 Å². The van der Waals surface area contributed by atoms with Gasteiger partial charge in [0.1, 0.15) is 5.75 Å². The first kappa shape index (κ1) is 16.8. The van der Waals surface area contributed by atoms with Crippen LogP contribution in [0.3, 0.4) is 0 Å². The van der Waals surface area contributed by atoms with Crippen LogP contribution < -0.4 is 9.46 Å². The third-order valence-corrected chi connectivity index (χ3v) is 4.40.